The molecule has 1 saturated heterocycles. The zero-order valence-electron chi connectivity index (χ0n) is 19.3. The number of fused-ring (bicyclic) bond motifs is 2. The number of nitrogens with zero attached hydrogens (tertiary/aromatic N) is 3. The Hall–Kier alpha value is -2.45. The molecule has 1 fully saturated rings. The fourth-order valence-electron chi connectivity index (χ4n) is 4.62. The van der Waals surface area contributed by atoms with Crippen molar-refractivity contribution in [2.45, 2.75) is 24.5 Å². The molecule has 8 heteroatoms. The Labute approximate surface area is 208 Å². The summed E-state index contributed by atoms with van der Waals surface area (Å²) < 4.78 is 12.7. The third-order valence-corrected chi connectivity index (χ3v) is 7.25. The zero-order chi connectivity index (χ0) is 23.7. The molecule has 3 aromatic rings. The number of hydrogen-bond acceptors (Lipinski definition) is 6. The Morgan fingerprint density at radius 1 is 1.00 bits per heavy atom. The molecule has 2 aromatic carbocycles. The minimum absolute atomic E-state index is 0.00958. The molecule has 0 spiro atoms. The van der Waals surface area contributed by atoms with Gasteiger partial charge in [-0.25, -0.2) is 0 Å². The van der Waals surface area contributed by atoms with Crippen LogP contribution in [0.1, 0.15) is 11.1 Å². The number of benzene rings is 2. The predicted octanol–water partition coefficient (Wildman–Crippen LogP) is 4.52. The van der Waals surface area contributed by atoms with Gasteiger partial charge in [0.15, 0.2) is 11.5 Å². The quantitative estimate of drug-likeness (QED) is 0.447. The summed E-state index contributed by atoms with van der Waals surface area (Å²) in [5.41, 5.74) is 2.93. The Morgan fingerprint density at radius 2 is 1.74 bits per heavy atom. The van der Waals surface area contributed by atoms with Gasteiger partial charge < -0.3 is 14.0 Å². The first-order chi connectivity index (χ1) is 16.5. The van der Waals surface area contributed by atoms with E-state index in [4.69, 9.17) is 21.1 Å². The third kappa shape index (κ3) is 4.98. The Kier molecular flexibility index (Phi) is 6.88. The van der Waals surface area contributed by atoms with E-state index in [1.54, 1.807) is 16.3 Å². The largest absolute Gasteiger partial charge is 0.454 e. The molecular formula is C26H28ClN3O3S. The van der Waals surface area contributed by atoms with E-state index >= 15 is 0 Å². The number of aromatic nitrogens is 1. The molecule has 0 bridgehead atoms. The molecule has 5 rings (SSSR count). The van der Waals surface area contributed by atoms with Gasteiger partial charge in [0.05, 0.1) is 12.1 Å². The van der Waals surface area contributed by atoms with Crippen molar-refractivity contribution in [1.82, 2.24) is 14.4 Å². The van der Waals surface area contributed by atoms with Crippen LogP contribution in [-0.2, 0) is 19.6 Å². The monoisotopic (exact) mass is 497 g/mol. The smallest absolute Gasteiger partial charge is 0.255 e. The predicted molar refractivity (Wildman–Crippen MR) is 138 cm³/mol. The Bertz CT molecular complexity index is 1280. The van der Waals surface area contributed by atoms with Crippen LogP contribution in [0.15, 0.2) is 63.8 Å². The lowest BCUT2D eigenvalue weighted by atomic mass is 10.1. The van der Waals surface area contributed by atoms with E-state index < -0.39 is 0 Å². The molecule has 178 valence electrons. The Balaban J connectivity index is 1.29. The number of piperazine rings is 1. The van der Waals surface area contributed by atoms with Crippen LogP contribution in [0.3, 0.4) is 0 Å². The molecule has 0 unspecified atom stereocenters. The summed E-state index contributed by atoms with van der Waals surface area (Å²) in [6.45, 7) is 9.66. The summed E-state index contributed by atoms with van der Waals surface area (Å²) in [4.78, 5) is 19.3. The fourth-order valence-corrected chi connectivity index (χ4v) is 5.18. The summed E-state index contributed by atoms with van der Waals surface area (Å²) in [6, 6.07) is 14.4. The van der Waals surface area contributed by atoms with Crippen molar-refractivity contribution in [1.29, 1.82) is 0 Å². The second-order valence-corrected chi connectivity index (χ2v) is 10.2. The first-order valence-corrected chi connectivity index (χ1v) is 13.0. The van der Waals surface area contributed by atoms with Crippen molar-refractivity contribution in [2.24, 2.45) is 0 Å². The van der Waals surface area contributed by atoms with Crippen molar-refractivity contribution in [3.8, 4) is 11.5 Å². The van der Waals surface area contributed by atoms with E-state index in [0.717, 1.165) is 65.6 Å². The van der Waals surface area contributed by atoms with Crippen LogP contribution in [0, 0.1) is 0 Å². The number of rotatable bonds is 7. The number of allylic oxidation sites excluding steroid dienone is 1. The lowest BCUT2D eigenvalue weighted by Gasteiger charge is -2.34. The molecule has 34 heavy (non-hydrogen) atoms. The minimum atomic E-state index is 0.00958. The first-order valence-electron chi connectivity index (χ1n) is 11.4. The highest BCUT2D eigenvalue weighted by atomic mass is 35.5. The van der Waals surface area contributed by atoms with Crippen molar-refractivity contribution in [2.75, 3.05) is 39.2 Å². The molecule has 6 nitrogen and oxygen atoms in total. The van der Waals surface area contributed by atoms with E-state index in [0.29, 0.717) is 24.9 Å². The van der Waals surface area contributed by atoms with Gasteiger partial charge in [-0.1, -0.05) is 30.3 Å². The van der Waals surface area contributed by atoms with Crippen LogP contribution in [0.25, 0.3) is 10.9 Å². The summed E-state index contributed by atoms with van der Waals surface area (Å²) in [6.07, 6.45) is 2.03. The van der Waals surface area contributed by atoms with Gasteiger partial charge in [0.25, 0.3) is 5.56 Å². The topological polar surface area (TPSA) is 46.9 Å². The second-order valence-electron chi connectivity index (χ2n) is 8.74. The van der Waals surface area contributed by atoms with E-state index in [1.165, 1.54) is 5.56 Å². The molecule has 0 saturated carbocycles. The maximum Gasteiger partial charge on any atom is 0.255 e. The lowest BCUT2D eigenvalue weighted by molar-refractivity contribution is 0.121. The summed E-state index contributed by atoms with van der Waals surface area (Å²) in [5.74, 6) is 1.64. The standard InChI is InChI=1S/C26H28ClN3O3S/c1-18(27)14-30-23-13-22(34-2)5-4-20(23)12-21(26(30)31)16-29-9-7-28(8-10-29)15-19-3-6-24-25(11-19)33-17-32-24/h3-6,11-13H,1,7-10,14-17H2,2H3. The van der Waals surface area contributed by atoms with Gasteiger partial charge in [-0.15, -0.1) is 11.8 Å². The van der Waals surface area contributed by atoms with Gasteiger partial charge in [-0.2, -0.15) is 0 Å². The Morgan fingerprint density at radius 3 is 2.47 bits per heavy atom. The van der Waals surface area contributed by atoms with Gasteiger partial charge in [0.1, 0.15) is 0 Å². The van der Waals surface area contributed by atoms with Crippen LogP contribution in [0.2, 0.25) is 0 Å². The molecule has 0 amide bonds. The SMILES string of the molecule is C=C(Cl)Cn1c(=O)c(CN2CCN(Cc3ccc4c(c3)OCO4)CC2)cc2ccc(SC)cc21. The molecule has 2 aliphatic rings. The molecular weight excluding hydrogens is 470 g/mol. The number of halogens is 1. The first kappa shape index (κ1) is 23.3. The molecule has 1 aromatic heterocycles. The summed E-state index contributed by atoms with van der Waals surface area (Å²) >= 11 is 7.79. The number of hydrogen-bond donors (Lipinski definition) is 0. The van der Waals surface area contributed by atoms with Crippen LogP contribution >= 0.6 is 23.4 Å². The van der Waals surface area contributed by atoms with Crippen LogP contribution in [0.5, 0.6) is 11.5 Å². The lowest BCUT2D eigenvalue weighted by Crippen LogP contribution is -2.46. The highest BCUT2D eigenvalue weighted by molar-refractivity contribution is 7.98. The molecule has 0 N–H and O–H groups in total. The minimum Gasteiger partial charge on any atom is -0.454 e. The van der Waals surface area contributed by atoms with Crippen molar-refractivity contribution < 1.29 is 9.47 Å². The summed E-state index contributed by atoms with van der Waals surface area (Å²) in [7, 11) is 0. The van der Waals surface area contributed by atoms with Crippen LogP contribution in [-0.4, -0.2) is 53.6 Å². The number of pyridine rings is 1. The van der Waals surface area contributed by atoms with Crippen LogP contribution in [0.4, 0.5) is 0 Å². The van der Waals surface area contributed by atoms with E-state index in [1.807, 2.05) is 18.4 Å². The maximum absolute atomic E-state index is 13.4. The van der Waals surface area contributed by atoms with Gasteiger partial charge in [-0.3, -0.25) is 14.6 Å². The molecule has 3 heterocycles. The maximum atomic E-state index is 13.4. The molecule has 0 atom stereocenters. The van der Waals surface area contributed by atoms with Gasteiger partial charge >= 0.3 is 0 Å². The van der Waals surface area contributed by atoms with Gasteiger partial charge in [0, 0.05) is 54.8 Å². The average molecular weight is 498 g/mol. The van der Waals surface area contributed by atoms with Crippen molar-refractivity contribution >= 4 is 34.3 Å². The van der Waals surface area contributed by atoms with Gasteiger partial charge in [0.2, 0.25) is 6.79 Å². The summed E-state index contributed by atoms with van der Waals surface area (Å²) in [5, 5.41) is 1.50. The van der Waals surface area contributed by atoms with E-state index in [-0.39, 0.29) is 5.56 Å². The molecule has 0 radical (unpaired) electrons. The molecule has 2 aliphatic heterocycles. The van der Waals surface area contributed by atoms with Gasteiger partial charge in [-0.05, 0) is 47.5 Å². The van der Waals surface area contributed by atoms with E-state index in [9.17, 15) is 4.79 Å². The second kappa shape index (κ2) is 10.0. The van der Waals surface area contributed by atoms with Crippen molar-refractivity contribution in [3.05, 3.63) is 75.6 Å². The number of thioether (sulfide) groups is 1. The molecule has 0 aliphatic carbocycles. The third-order valence-electron chi connectivity index (χ3n) is 6.41. The highest BCUT2D eigenvalue weighted by Crippen LogP contribution is 2.33. The van der Waals surface area contributed by atoms with E-state index in [2.05, 4.69) is 46.7 Å². The van der Waals surface area contributed by atoms with Crippen LogP contribution < -0.4 is 15.0 Å². The van der Waals surface area contributed by atoms with Crippen molar-refractivity contribution in [3.63, 3.8) is 0 Å². The average Bonchev–Trinajstić information content (AvgIpc) is 3.30. The number of ether oxygens (including phenoxy) is 2. The highest BCUT2D eigenvalue weighted by Gasteiger charge is 2.21. The normalized spacial score (nSPS) is 16.3. The fraction of sp³-hybridized carbons (Fsp3) is 0.346. The zero-order valence-corrected chi connectivity index (χ0v) is 20.8.